The van der Waals surface area contributed by atoms with Gasteiger partial charge in [-0.2, -0.15) is 0 Å². The molecule has 0 spiro atoms. The lowest BCUT2D eigenvalue weighted by Crippen LogP contribution is -2.28. The maximum atomic E-state index is 14.3. The Kier molecular flexibility index (Phi) is 3.76. The highest BCUT2D eigenvalue weighted by Gasteiger charge is 2.33. The Balaban J connectivity index is 2.05. The van der Waals surface area contributed by atoms with Gasteiger partial charge in [0.25, 0.3) is 0 Å². The number of carbonyl (C=O) groups is 1. The van der Waals surface area contributed by atoms with Crippen molar-refractivity contribution in [3.8, 4) is 0 Å². The molecule has 3 rings (SSSR count). The van der Waals surface area contributed by atoms with Gasteiger partial charge in [-0.1, -0.05) is 30.8 Å². The van der Waals surface area contributed by atoms with Crippen LogP contribution in [0.15, 0.2) is 55.4 Å². The van der Waals surface area contributed by atoms with E-state index in [1.165, 1.54) is 6.08 Å². The number of amides is 1. The highest BCUT2D eigenvalue weighted by molar-refractivity contribution is 6.03. The van der Waals surface area contributed by atoms with Gasteiger partial charge in [0.05, 0.1) is 5.69 Å². The van der Waals surface area contributed by atoms with E-state index in [1.54, 1.807) is 37.2 Å². The Morgan fingerprint density at radius 2 is 2.22 bits per heavy atom. The lowest BCUT2D eigenvalue weighted by molar-refractivity contribution is -0.114. The molecule has 0 saturated heterocycles. The number of rotatable bonds is 3. The number of anilines is 1. The SMILES string of the molecule is C=CC(=O)N1CC(c2cccc(C(C)(C)F)c2)c2cnccc21. The zero-order valence-corrected chi connectivity index (χ0v) is 13.3. The second-order valence-electron chi connectivity index (χ2n) is 6.24. The third kappa shape index (κ3) is 2.77. The van der Waals surface area contributed by atoms with E-state index in [-0.39, 0.29) is 11.8 Å². The van der Waals surface area contributed by atoms with Crippen LogP contribution in [0.2, 0.25) is 0 Å². The molecule has 2 aromatic rings. The van der Waals surface area contributed by atoms with Crippen LogP contribution in [-0.2, 0) is 10.5 Å². The number of aromatic nitrogens is 1. The maximum Gasteiger partial charge on any atom is 0.250 e. The van der Waals surface area contributed by atoms with Gasteiger partial charge in [0, 0.05) is 30.4 Å². The van der Waals surface area contributed by atoms with E-state index in [9.17, 15) is 9.18 Å². The van der Waals surface area contributed by atoms with Crippen LogP contribution in [0.25, 0.3) is 0 Å². The number of fused-ring (bicyclic) bond motifs is 1. The summed E-state index contributed by atoms with van der Waals surface area (Å²) in [6.45, 7) is 7.17. The minimum atomic E-state index is -1.40. The second kappa shape index (κ2) is 5.61. The van der Waals surface area contributed by atoms with Crippen molar-refractivity contribution < 1.29 is 9.18 Å². The van der Waals surface area contributed by atoms with Crippen molar-refractivity contribution in [3.05, 3.63) is 72.1 Å². The third-order valence-electron chi connectivity index (χ3n) is 4.28. The molecule has 3 nitrogen and oxygen atoms in total. The van der Waals surface area contributed by atoms with Crippen LogP contribution in [0.5, 0.6) is 0 Å². The van der Waals surface area contributed by atoms with E-state index < -0.39 is 5.67 Å². The summed E-state index contributed by atoms with van der Waals surface area (Å²) in [4.78, 5) is 18.0. The van der Waals surface area contributed by atoms with Crippen LogP contribution in [0.3, 0.4) is 0 Å². The normalized spacial score (nSPS) is 17.0. The van der Waals surface area contributed by atoms with Gasteiger partial charge in [0.15, 0.2) is 0 Å². The lowest BCUT2D eigenvalue weighted by atomic mass is 9.90. The topological polar surface area (TPSA) is 33.2 Å². The summed E-state index contributed by atoms with van der Waals surface area (Å²) < 4.78 is 14.3. The fourth-order valence-corrected chi connectivity index (χ4v) is 3.02. The molecule has 1 aliphatic rings. The molecule has 0 radical (unpaired) electrons. The number of benzene rings is 1. The van der Waals surface area contributed by atoms with Crippen molar-refractivity contribution in [1.29, 1.82) is 0 Å². The Bertz CT molecular complexity index is 764. The van der Waals surface area contributed by atoms with E-state index in [2.05, 4.69) is 11.6 Å². The monoisotopic (exact) mass is 310 g/mol. The standard InChI is InChI=1S/C19H19FN2O/c1-4-18(23)22-12-16(15-11-21-9-8-17(15)22)13-6-5-7-14(10-13)19(2,3)20/h4-11,16H,1,12H2,2-3H3. The number of hydrogen-bond donors (Lipinski definition) is 0. The molecule has 4 heteroatoms. The average Bonchev–Trinajstić information content (AvgIpc) is 2.93. The molecule has 0 N–H and O–H groups in total. The van der Waals surface area contributed by atoms with Crippen LogP contribution < -0.4 is 4.90 Å². The molecule has 1 atom stereocenters. The molecule has 23 heavy (non-hydrogen) atoms. The first-order chi connectivity index (χ1) is 10.9. The molecule has 1 aromatic heterocycles. The minimum Gasteiger partial charge on any atom is -0.308 e. The number of nitrogens with zero attached hydrogens (tertiary/aromatic N) is 2. The quantitative estimate of drug-likeness (QED) is 0.804. The average molecular weight is 310 g/mol. The highest BCUT2D eigenvalue weighted by Crippen LogP contribution is 2.40. The highest BCUT2D eigenvalue weighted by atomic mass is 19.1. The van der Waals surface area contributed by atoms with Crippen LogP contribution in [-0.4, -0.2) is 17.4 Å². The van der Waals surface area contributed by atoms with Crippen LogP contribution >= 0.6 is 0 Å². The second-order valence-corrected chi connectivity index (χ2v) is 6.24. The van der Waals surface area contributed by atoms with Crippen LogP contribution in [0.4, 0.5) is 10.1 Å². The zero-order valence-electron chi connectivity index (χ0n) is 13.3. The number of hydrogen-bond acceptors (Lipinski definition) is 2. The summed E-state index contributed by atoms with van der Waals surface area (Å²) in [5.74, 6) is -0.146. The van der Waals surface area contributed by atoms with Crippen LogP contribution in [0, 0.1) is 0 Å². The molecule has 1 aliphatic heterocycles. The Labute approximate surface area is 135 Å². The molecule has 0 fully saturated rings. The van der Waals surface area contributed by atoms with E-state index in [4.69, 9.17) is 0 Å². The summed E-state index contributed by atoms with van der Waals surface area (Å²) in [6, 6.07) is 9.33. The molecule has 0 saturated carbocycles. The van der Waals surface area contributed by atoms with E-state index in [1.807, 2.05) is 24.3 Å². The number of carbonyl (C=O) groups excluding carboxylic acids is 1. The van der Waals surface area contributed by atoms with Crippen molar-refractivity contribution in [1.82, 2.24) is 4.98 Å². The Morgan fingerprint density at radius 1 is 1.43 bits per heavy atom. The molecule has 0 bridgehead atoms. The molecule has 0 aliphatic carbocycles. The van der Waals surface area contributed by atoms with Crippen LogP contribution in [0.1, 0.15) is 36.5 Å². The minimum absolute atomic E-state index is 0.00935. The predicted molar refractivity (Wildman–Crippen MR) is 89.2 cm³/mol. The van der Waals surface area contributed by atoms with E-state index in [0.29, 0.717) is 12.1 Å². The molecule has 1 unspecified atom stereocenters. The van der Waals surface area contributed by atoms with Crippen molar-refractivity contribution in [3.63, 3.8) is 0 Å². The van der Waals surface area contributed by atoms with Gasteiger partial charge < -0.3 is 4.90 Å². The molecular weight excluding hydrogens is 291 g/mol. The summed E-state index contributed by atoms with van der Waals surface area (Å²) >= 11 is 0. The maximum absolute atomic E-state index is 14.3. The van der Waals surface area contributed by atoms with E-state index >= 15 is 0 Å². The lowest BCUT2D eigenvalue weighted by Gasteiger charge is -2.19. The molecule has 1 aromatic carbocycles. The van der Waals surface area contributed by atoms with Gasteiger partial charge in [0.2, 0.25) is 5.91 Å². The first-order valence-electron chi connectivity index (χ1n) is 7.59. The number of halogens is 1. The summed E-state index contributed by atoms with van der Waals surface area (Å²) in [7, 11) is 0. The van der Waals surface area contributed by atoms with Crippen molar-refractivity contribution in [2.45, 2.75) is 25.4 Å². The number of alkyl halides is 1. The van der Waals surface area contributed by atoms with Crippen molar-refractivity contribution >= 4 is 11.6 Å². The summed E-state index contributed by atoms with van der Waals surface area (Å²) in [6.07, 6.45) is 4.77. The zero-order chi connectivity index (χ0) is 16.6. The van der Waals surface area contributed by atoms with Gasteiger partial charge in [-0.05, 0) is 37.1 Å². The third-order valence-corrected chi connectivity index (χ3v) is 4.28. The number of pyridine rings is 1. The van der Waals surface area contributed by atoms with Gasteiger partial charge in [-0.3, -0.25) is 9.78 Å². The first-order valence-corrected chi connectivity index (χ1v) is 7.59. The molecule has 118 valence electrons. The van der Waals surface area contributed by atoms with Gasteiger partial charge in [-0.25, -0.2) is 4.39 Å². The predicted octanol–water partition coefficient (Wildman–Crippen LogP) is 3.95. The largest absolute Gasteiger partial charge is 0.308 e. The van der Waals surface area contributed by atoms with Gasteiger partial charge in [-0.15, -0.1) is 0 Å². The van der Waals surface area contributed by atoms with Crippen molar-refractivity contribution in [2.75, 3.05) is 11.4 Å². The molecule has 2 heterocycles. The first kappa shape index (κ1) is 15.4. The molecule has 1 amide bonds. The van der Waals surface area contributed by atoms with E-state index in [0.717, 1.165) is 16.8 Å². The smallest absolute Gasteiger partial charge is 0.250 e. The van der Waals surface area contributed by atoms with Gasteiger partial charge in [0.1, 0.15) is 5.67 Å². The summed E-state index contributed by atoms with van der Waals surface area (Å²) in [5, 5.41) is 0. The van der Waals surface area contributed by atoms with Gasteiger partial charge >= 0.3 is 0 Å². The summed E-state index contributed by atoms with van der Waals surface area (Å²) in [5.41, 5.74) is 2.05. The fourth-order valence-electron chi connectivity index (χ4n) is 3.02. The molecular formula is C19H19FN2O. The Morgan fingerprint density at radius 3 is 2.91 bits per heavy atom. The Hall–Kier alpha value is -2.49. The fraction of sp³-hybridized carbons (Fsp3) is 0.263. The van der Waals surface area contributed by atoms with Crippen molar-refractivity contribution in [2.24, 2.45) is 0 Å².